The number of aromatic hydroxyl groups is 1. The number of phenolic OH excluding ortho intramolecular Hbond substituents is 1. The van der Waals surface area contributed by atoms with E-state index in [9.17, 15) is 24.3 Å². The molecule has 0 spiro atoms. The molecule has 2 aromatic rings. The van der Waals surface area contributed by atoms with Gasteiger partial charge in [-0.15, -0.1) is 0 Å². The minimum atomic E-state index is -4.45. The van der Waals surface area contributed by atoms with E-state index in [1.807, 2.05) is 0 Å². The highest BCUT2D eigenvalue weighted by Crippen LogP contribution is 2.44. The van der Waals surface area contributed by atoms with Crippen molar-refractivity contribution in [2.24, 2.45) is 5.73 Å². The maximum absolute atomic E-state index is 11.3. The second kappa shape index (κ2) is 7.56. The minimum absolute atomic E-state index is 0.00154. The average Bonchev–Trinajstić information content (AvgIpc) is 2.50. The smallest absolute Gasteiger partial charge is 0.330 e. The zero-order valence-corrected chi connectivity index (χ0v) is 14.6. The molecule has 0 saturated heterocycles. The lowest BCUT2D eigenvalue weighted by Gasteiger charge is -2.16. The van der Waals surface area contributed by atoms with Crippen molar-refractivity contribution >= 4 is 25.2 Å². The highest BCUT2D eigenvalue weighted by molar-refractivity contribution is 7.50. The van der Waals surface area contributed by atoms with Crippen LogP contribution in [0.1, 0.15) is 11.1 Å². The summed E-state index contributed by atoms with van der Waals surface area (Å²) in [7, 11) is -4.45. The first-order valence-corrected chi connectivity index (χ1v) is 9.38. The highest BCUT2D eigenvalue weighted by Gasteiger charge is 2.22. The van der Waals surface area contributed by atoms with E-state index in [1.165, 1.54) is 12.1 Å². The molecule has 25 heavy (non-hydrogen) atoms. The second-order valence-electron chi connectivity index (χ2n) is 5.59. The predicted octanol–water partition coefficient (Wildman–Crippen LogP) is 2.34. The first-order valence-electron chi connectivity index (χ1n) is 7.21. The molecule has 0 aliphatic carbocycles. The van der Waals surface area contributed by atoms with E-state index in [-0.39, 0.29) is 23.3 Å². The van der Waals surface area contributed by atoms with Gasteiger partial charge in [0.05, 0.1) is 6.16 Å². The summed E-state index contributed by atoms with van der Waals surface area (Å²) in [5.41, 5.74) is 6.78. The fourth-order valence-electron chi connectivity index (χ4n) is 2.43. The Kier molecular flexibility index (Phi) is 5.87. The Morgan fingerprint density at radius 1 is 1.20 bits per heavy atom. The molecule has 7 nitrogen and oxygen atoms in total. The van der Waals surface area contributed by atoms with Gasteiger partial charge in [0, 0.05) is 22.6 Å². The third kappa shape index (κ3) is 5.04. The van der Waals surface area contributed by atoms with Crippen LogP contribution in [0.15, 0.2) is 36.4 Å². The number of rotatable bonds is 6. The number of hydrogen-bond acceptors (Lipinski definition) is 4. The van der Waals surface area contributed by atoms with Gasteiger partial charge in [-0.25, -0.2) is 0 Å². The van der Waals surface area contributed by atoms with Crippen LogP contribution in [0.25, 0.3) is 11.1 Å². The number of benzene rings is 2. The van der Waals surface area contributed by atoms with Crippen molar-refractivity contribution in [3.63, 3.8) is 0 Å². The summed E-state index contributed by atoms with van der Waals surface area (Å²) < 4.78 is 11.3. The first-order chi connectivity index (χ1) is 11.6. The number of aliphatic carboxylic acids is 1. The van der Waals surface area contributed by atoms with Crippen molar-refractivity contribution in [1.29, 1.82) is 0 Å². The Hall–Kier alpha value is -1.89. The molecule has 0 fully saturated rings. The molecule has 2 aromatic carbocycles. The number of carbonyl (C=O) groups is 1. The molecule has 9 heteroatoms. The van der Waals surface area contributed by atoms with Gasteiger partial charge in [-0.3, -0.25) is 9.36 Å². The van der Waals surface area contributed by atoms with E-state index in [0.29, 0.717) is 16.1 Å². The van der Waals surface area contributed by atoms with Crippen LogP contribution >= 0.6 is 19.2 Å². The van der Waals surface area contributed by atoms with Gasteiger partial charge in [0.15, 0.2) is 0 Å². The Labute approximate surface area is 148 Å². The molecule has 0 bridgehead atoms. The molecule has 0 aromatic heterocycles. The molecule has 6 N–H and O–H groups in total. The number of carboxylic acid groups (broad SMARTS) is 1. The van der Waals surface area contributed by atoms with Gasteiger partial charge in [-0.1, -0.05) is 29.8 Å². The third-order valence-electron chi connectivity index (χ3n) is 3.59. The quantitative estimate of drug-likeness (QED) is 0.480. The maximum Gasteiger partial charge on any atom is 0.330 e. The number of carboxylic acids is 1. The van der Waals surface area contributed by atoms with E-state index in [1.54, 1.807) is 24.3 Å². The summed E-state index contributed by atoms with van der Waals surface area (Å²) in [6.45, 7) is 0. The standard InChI is InChI=1S/C16H17ClNO6P/c17-13-4-2-1-3-12(13)9-5-10(7-14(18)16(20)21)15(19)11(6-9)8-25(22,23)24/h1-6,14,19H,7-8,18H2,(H,20,21)(H2,22,23,24)/t14-/m0/s1. The molecule has 0 unspecified atom stereocenters. The van der Waals surface area contributed by atoms with Gasteiger partial charge in [0.1, 0.15) is 11.8 Å². The van der Waals surface area contributed by atoms with Crippen LogP contribution in [0, 0.1) is 0 Å². The van der Waals surface area contributed by atoms with Gasteiger partial charge < -0.3 is 25.7 Å². The number of hydrogen-bond donors (Lipinski definition) is 5. The van der Waals surface area contributed by atoms with Crippen molar-refractivity contribution in [2.75, 3.05) is 0 Å². The molecular formula is C16H17ClNO6P. The normalized spacial score (nSPS) is 12.8. The topological polar surface area (TPSA) is 141 Å². The number of halogens is 1. The summed E-state index contributed by atoms with van der Waals surface area (Å²) in [5, 5.41) is 19.7. The summed E-state index contributed by atoms with van der Waals surface area (Å²) in [6, 6.07) is 8.49. The zero-order valence-electron chi connectivity index (χ0n) is 13.0. The Morgan fingerprint density at radius 2 is 1.80 bits per heavy atom. The molecule has 2 rings (SSSR count). The van der Waals surface area contributed by atoms with Crippen LogP contribution in [-0.2, 0) is 21.9 Å². The van der Waals surface area contributed by atoms with Crippen LogP contribution in [0.2, 0.25) is 5.02 Å². The van der Waals surface area contributed by atoms with E-state index in [2.05, 4.69) is 0 Å². The zero-order chi connectivity index (χ0) is 18.8. The Morgan fingerprint density at radius 3 is 2.36 bits per heavy atom. The monoisotopic (exact) mass is 385 g/mol. The summed E-state index contributed by atoms with van der Waals surface area (Å²) >= 11 is 6.16. The lowest BCUT2D eigenvalue weighted by molar-refractivity contribution is -0.138. The summed E-state index contributed by atoms with van der Waals surface area (Å²) in [5.74, 6) is -1.63. The molecular weight excluding hydrogens is 369 g/mol. The third-order valence-corrected chi connectivity index (χ3v) is 4.67. The van der Waals surface area contributed by atoms with E-state index < -0.39 is 25.8 Å². The maximum atomic E-state index is 11.3. The van der Waals surface area contributed by atoms with Crippen LogP contribution in [0.4, 0.5) is 0 Å². The summed E-state index contributed by atoms with van der Waals surface area (Å²) in [4.78, 5) is 29.4. The molecule has 0 aliphatic rings. The first kappa shape index (κ1) is 19.4. The van der Waals surface area contributed by atoms with Gasteiger partial charge in [-0.05, 0) is 29.3 Å². The van der Waals surface area contributed by atoms with Crippen molar-refractivity contribution in [3.8, 4) is 16.9 Å². The van der Waals surface area contributed by atoms with Crippen LogP contribution in [0.5, 0.6) is 5.75 Å². The van der Waals surface area contributed by atoms with Crippen molar-refractivity contribution in [1.82, 2.24) is 0 Å². The van der Waals surface area contributed by atoms with Crippen LogP contribution < -0.4 is 5.73 Å². The van der Waals surface area contributed by atoms with Gasteiger partial charge in [-0.2, -0.15) is 0 Å². The van der Waals surface area contributed by atoms with E-state index in [0.717, 1.165) is 0 Å². The second-order valence-corrected chi connectivity index (χ2v) is 7.65. The number of phenols is 1. The molecule has 134 valence electrons. The lowest BCUT2D eigenvalue weighted by Crippen LogP contribution is -2.32. The molecule has 1 atom stereocenters. The molecule has 0 amide bonds. The fraction of sp³-hybridized carbons (Fsp3) is 0.188. The van der Waals surface area contributed by atoms with Gasteiger partial charge in [0.25, 0.3) is 0 Å². The van der Waals surface area contributed by atoms with Gasteiger partial charge >= 0.3 is 13.6 Å². The minimum Gasteiger partial charge on any atom is -0.507 e. The Bertz CT molecular complexity index is 851. The summed E-state index contributed by atoms with van der Waals surface area (Å²) in [6.07, 6.45) is -0.889. The Balaban J connectivity index is 2.60. The van der Waals surface area contributed by atoms with Crippen LogP contribution in [0.3, 0.4) is 0 Å². The fourth-order valence-corrected chi connectivity index (χ4v) is 3.36. The molecule has 0 saturated carbocycles. The lowest BCUT2D eigenvalue weighted by atomic mass is 9.96. The van der Waals surface area contributed by atoms with E-state index in [4.69, 9.17) is 22.4 Å². The highest BCUT2D eigenvalue weighted by atomic mass is 35.5. The number of nitrogens with two attached hydrogens (primary N) is 1. The average molecular weight is 386 g/mol. The van der Waals surface area contributed by atoms with Crippen molar-refractivity contribution < 1.29 is 29.4 Å². The van der Waals surface area contributed by atoms with E-state index >= 15 is 0 Å². The predicted molar refractivity (Wildman–Crippen MR) is 93.6 cm³/mol. The largest absolute Gasteiger partial charge is 0.507 e. The van der Waals surface area contributed by atoms with Crippen molar-refractivity contribution in [2.45, 2.75) is 18.6 Å². The van der Waals surface area contributed by atoms with Gasteiger partial charge in [0.2, 0.25) is 0 Å². The van der Waals surface area contributed by atoms with Crippen LogP contribution in [-0.4, -0.2) is 32.0 Å². The molecule has 0 heterocycles. The molecule has 0 radical (unpaired) electrons. The SMILES string of the molecule is N[C@@H](Cc1cc(-c2ccccc2Cl)cc(CP(=O)(O)O)c1O)C(=O)O. The van der Waals surface area contributed by atoms with Crippen molar-refractivity contribution in [3.05, 3.63) is 52.5 Å². The molecule has 0 aliphatic heterocycles.